The molecule has 6 atom stereocenters. The Morgan fingerprint density at radius 2 is 0.742 bits per heavy atom. The third kappa shape index (κ3) is 23.2. The number of halogens is 3. The quantitative estimate of drug-likeness (QED) is 0.0735. The van der Waals surface area contributed by atoms with Gasteiger partial charge in [-0.3, -0.25) is 29.7 Å². The van der Waals surface area contributed by atoms with Gasteiger partial charge in [0.1, 0.15) is 16.8 Å². The molecule has 30 nitrogen and oxygen atoms in total. The van der Waals surface area contributed by atoms with Gasteiger partial charge in [-0.05, 0) is 237 Å². The molecule has 680 valence electrons. The summed E-state index contributed by atoms with van der Waals surface area (Å²) in [5.41, 5.74) is 13.6. The molecule has 34 heteroatoms. The van der Waals surface area contributed by atoms with Crippen LogP contribution >= 0.6 is 34.8 Å². The fourth-order valence-corrected chi connectivity index (χ4v) is 18.0. The van der Waals surface area contributed by atoms with E-state index in [-0.39, 0.29) is 48.5 Å². The molecule has 0 bridgehead atoms. The van der Waals surface area contributed by atoms with E-state index in [9.17, 15) is 32.4 Å². The molecule has 3 fully saturated rings. The van der Waals surface area contributed by atoms with Gasteiger partial charge in [0.2, 0.25) is 10.0 Å². The lowest BCUT2D eigenvalue weighted by atomic mass is 9.90. The molecule has 3 unspecified atom stereocenters. The molecule has 0 radical (unpaired) electrons. The maximum atomic E-state index is 13.3. The van der Waals surface area contributed by atoms with Gasteiger partial charge >= 0.3 is 30.4 Å². The van der Waals surface area contributed by atoms with Crippen LogP contribution in [0.3, 0.4) is 0 Å². The van der Waals surface area contributed by atoms with Crippen LogP contribution in [0.5, 0.6) is 0 Å². The Morgan fingerprint density at radius 3 is 1.02 bits per heavy atom. The molecule has 9 aromatic rings. The van der Waals surface area contributed by atoms with Gasteiger partial charge in [0.15, 0.2) is 0 Å². The zero-order valence-electron chi connectivity index (χ0n) is 75.9. The van der Waals surface area contributed by atoms with Gasteiger partial charge in [0.05, 0.1) is 120 Å². The summed E-state index contributed by atoms with van der Waals surface area (Å²) in [7, 11) is 2.02. The number of nitrogens with one attached hydrogen (secondary N) is 4. The molecule has 4 N–H and O–H groups in total. The Labute approximate surface area is 764 Å². The van der Waals surface area contributed by atoms with Gasteiger partial charge in [0, 0.05) is 139 Å². The van der Waals surface area contributed by atoms with Crippen LogP contribution in [0.1, 0.15) is 217 Å². The Morgan fingerprint density at radius 1 is 0.438 bits per heavy atom. The van der Waals surface area contributed by atoms with Crippen molar-refractivity contribution < 1.29 is 51.3 Å². The van der Waals surface area contributed by atoms with Crippen LogP contribution in [0.25, 0.3) is 34.9 Å². The molecule has 6 aromatic heterocycles. The largest absolute Gasteiger partial charge is 0.447 e. The summed E-state index contributed by atoms with van der Waals surface area (Å²) < 4.78 is 56.0. The lowest BCUT2D eigenvalue weighted by Crippen LogP contribution is -2.51. The Kier molecular flexibility index (Phi) is 28.9. The topological polar surface area (TPSA) is 316 Å². The summed E-state index contributed by atoms with van der Waals surface area (Å²) in [4.78, 5) is 105. The van der Waals surface area contributed by atoms with Crippen molar-refractivity contribution in [2.75, 3.05) is 84.8 Å². The number of nitrogens with zero attached hydrogens (tertiary/aromatic N) is 15. The standard InChI is InChI=1S/C33H42ClN7O3.C32H39ClN6O4.C29H35ClN6O4S/c1-32(2,3)38-30(42)37-28(26-19-35-20-39(26)7)25-17-21-9-8-12-36-27(21)29(23-11-10-22(34)18-24(23)25)40-13-15-41(16-14-40)31(43)44-33(4,5)6;1-20(2)42-30(40)36-28(26-18-34-19-37(26)6)25-16-21-8-7-11-35-27(21)29(23-10-9-22(33)17-24(23)25)38-12-14-39(15-13-38)31(41)43-32(3,4)5;1-29(2,3)40-28(37)36-13-11-35(12-14-36)27-21-9-8-20(30)16-22(21)23(15-19-7-6-10-32-25(19)27)26(33-41(5,38)39)24-17-31-18-34(24)4/h8-12,17-20,28-29H,13-16H2,1-7H3,(H2,37,38,42);7-11,16-20,28-29H,12-15H2,1-6H3,(H,36,40);6-10,15-18,26-27,33H,11-14H2,1-5H3/t2*28?,29-;26?,27-/m000/s1. The third-order valence-electron chi connectivity index (χ3n) is 22.3. The number of benzene rings is 3. The summed E-state index contributed by atoms with van der Waals surface area (Å²) in [6.45, 7) is 33.1. The van der Waals surface area contributed by atoms with Gasteiger partial charge in [-0.15, -0.1) is 0 Å². The van der Waals surface area contributed by atoms with Crippen molar-refractivity contribution in [1.29, 1.82) is 0 Å². The van der Waals surface area contributed by atoms with Crippen LogP contribution in [-0.2, 0) is 50.1 Å². The van der Waals surface area contributed by atoms with Crippen molar-refractivity contribution in [2.45, 2.75) is 162 Å². The summed E-state index contributed by atoms with van der Waals surface area (Å²) in [6, 6.07) is 26.4. The number of hydrogen-bond acceptors (Lipinski definition) is 20. The molecule has 3 aliphatic carbocycles. The SMILES string of the molecule is CC(C)OC(=O)NC(C1=Cc2cccnc2[C@@H](N2CCN(C(=O)OC(C)(C)C)CC2)c2ccc(Cl)cc21)c1cncn1C.Cn1cncc1C(NC(=O)NC(C)(C)C)C1=Cc2cccnc2[C@@H](N2CCN(C(=O)OC(C)(C)C)CC2)c2ccc(Cl)cc21.Cn1cncc1C(NS(C)(=O)=O)C1=Cc2cccnc2[C@@H](N2CCN(C(=O)OC(C)(C)C)CC2)c2ccc(Cl)cc21. The first kappa shape index (κ1) is 94.6. The van der Waals surface area contributed by atoms with E-state index in [0.717, 1.165) is 102 Å². The highest BCUT2D eigenvalue weighted by molar-refractivity contribution is 7.88. The highest BCUT2D eigenvalue weighted by Crippen LogP contribution is 2.49. The first-order chi connectivity index (χ1) is 60.4. The van der Waals surface area contributed by atoms with Crippen LogP contribution in [-0.4, -0.2) is 225 Å². The molecular formula is C94H116Cl3N19O11S. The Bertz CT molecular complexity index is 5780. The minimum Gasteiger partial charge on any atom is -0.447 e. The molecule has 6 aliphatic rings. The smallest absolute Gasteiger partial charge is 0.410 e. The van der Waals surface area contributed by atoms with E-state index in [1.807, 2.05) is 218 Å². The van der Waals surface area contributed by atoms with Gasteiger partial charge in [-0.1, -0.05) is 71.2 Å². The highest BCUT2D eigenvalue weighted by atomic mass is 35.5. The van der Waals surface area contributed by atoms with E-state index < -0.39 is 56.6 Å². The van der Waals surface area contributed by atoms with E-state index in [1.165, 1.54) is 0 Å². The van der Waals surface area contributed by atoms with Crippen LogP contribution in [0, 0.1) is 0 Å². The summed E-state index contributed by atoms with van der Waals surface area (Å²) in [6.07, 6.45) is 21.2. The van der Waals surface area contributed by atoms with Crippen LogP contribution < -0.4 is 20.7 Å². The van der Waals surface area contributed by atoms with E-state index in [4.69, 9.17) is 68.7 Å². The molecule has 3 aromatic carbocycles. The molecule has 15 rings (SSSR count). The molecule has 9 heterocycles. The maximum absolute atomic E-state index is 13.3. The fraction of sp³-hybridized carbons (Fsp3) is 0.436. The lowest BCUT2D eigenvalue weighted by Gasteiger charge is -2.40. The number of sulfonamides is 1. The predicted molar refractivity (Wildman–Crippen MR) is 496 cm³/mol. The monoisotopic (exact) mass is 1820 g/mol. The van der Waals surface area contributed by atoms with Crippen molar-refractivity contribution in [3.63, 3.8) is 0 Å². The number of fused-ring (bicyclic) bond motifs is 6. The lowest BCUT2D eigenvalue weighted by molar-refractivity contribution is 0.0109. The average molecular weight is 1830 g/mol. The predicted octanol–water partition coefficient (Wildman–Crippen LogP) is 15.9. The number of carbonyl (C=O) groups excluding carboxylic acids is 5. The van der Waals surface area contributed by atoms with Crippen LogP contribution in [0.4, 0.5) is 24.0 Å². The number of ether oxygens (including phenoxy) is 4. The number of rotatable bonds is 14. The summed E-state index contributed by atoms with van der Waals surface area (Å²) >= 11 is 19.9. The number of aromatic nitrogens is 9. The number of aryl methyl sites for hydroxylation is 3. The maximum Gasteiger partial charge on any atom is 0.410 e. The van der Waals surface area contributed by atoms with Crippen molar-refractivity contribution >= 4 is 110 Å². The molecule has 0 saturated carbocycles. The zero-order chi connectivity index (χ0) is 92.2. The second-order valence-electron chi connectivity index (χ2n) is 37.1. The second-order valence-corrected chi connectivity index (χ2v) is 40.2. The number of hydrogen-bond donors (Lipinski definition) is 4. The van der Waals surface area contributed by atoms with E-state index in [2.05, 4.69) is 74.6 Å². The summed E-state index contributed by atoms with van der Waals surface area (Å²) in [5, 5.41) is 11.0. The first-order valence-electron chi connectivity index (χ1n) is 42.9. The highest BCUT2D eigenvalue weighted by Gasteiger charge is 2.43. The number of imidazole rings is 3. The number of carbonyl (C=O) groups is 5. The average Bonchev–Trinajstić information content (AvgIpc) is 1.59. The van der Waals surface area contributed by atoms with Crippen molar-refractivity contribution in [3.8, 4) is 0 Å². The van der Waals surface area contributed by atoms with Crippen LogP contribution in [0.2, 0.25) is 15.1 Å². The van der Waals surface area contributed by atoms with Gasteiger partial charge < -0.3 is 63.3 Å². The summed E-state index contributed by atoms with van der Waals surface area (Å²) in [5.74, 6) is 0. The number of alkyl carbamates (subject to hydrolysis) is 1. The zero-order valence-corrected chi connectivity index (χ0v) is 78.9. The van der Waals surface area contributed by atoms with Gasteiger partial charge in [-0.25, -0.2) is 52.1 Å². The van der Waals surface area contributed by atoms with E-state index >= 15 is 0 Å². The minimum atomic E-state index is -3.62. The first-order valence-corrected chi connectivity index (χ1v) is 45.9. The van der Waals surface area contributed by atoms with Crippen LogP contribution in [0.15, 0.2) is 147 Å². The molecule has 128 heavy (non-hydrogen) atoms. The third-order valence-corrected chi connectivity index (χ3v) is 23.6. The second kappa shape index (κ2) is 39.1. The molecular weight excluding hydrogens is 1710 g/mol. The van der Waals surface area contributed by atoms with Crippen molar-refractivity contribution in [1.82, 2.24) is 93.7 Å². The van der Waals surface area contributed by atoms with Crippen molar-refractivity contribution in [2.24, 2.45) is 21.1 Å². The molecule has 6 amide bonds. The Hall–Kier alpha value is -11.0. The molecule has 3 saturated heterocycles. The van der Waals surface area contributed by atoms with E-state index in [1.54, 1.807) is 69.2 Å². The normalized spacial score (nSPS) is 18.1. The number of piperazine rings is 3. The number of urea groups is 1. The number of pyridine rings is 3. The Balaban J connectivity index is 0.000000164. The fourth-order valence-electron chi connectivity index (χ4n) is 16.8. The van der Waals surface area contributed by atoms with E-state index in [0.29, 0.717) is 99.3 Å². The minimum absolute atomic E-state index is 0.205. The van der Waals surface area contributed by atoms with Crippen molar-refractivity contribution in [3.05, 3.63) is 246 Å². The molecule has 0 spiro atoms. The van der Waals surface area contributed by atoms with Gasteiger partial charge in [0.25, 0.3) is 0 Å². The molecule has 3 aliphatic heterocycles. The van der Waals surface area contributed by atoms with Gasteiger partial charge in [-0.2, -0.15) is 0 Å². The number of amides is 6.